The molecule has 0 aromatic heterocycles. The van der Waals surface area contributed by atoms with Gasteiger partial charge in [-0.15, -0.1) is 0 Å². The van der Waals surface area contributed by atoms with Gasteiger partial charge in [0.15, 0.2) is 0 Å². The van der Waals surface area contributed by atoms with Crippen molar-refractivity contribution in [2.45, 2.75) is 46.3 Å². The molecular formula is C17H25NO4. The molecule has 5 heteroatoms. The van der Waals surface area contributed by atoms with Crippen LogP contribution < -0.4 is 10.1 Å². The summed E-state index contributed by atoms with van der Waals surface area (Å²) in [5.41, 5.74) is -0.121. The van der Waals surface area contributed by atoms with Crippen molar-refractivity contribution in [2.24, 2.45) is 5.92 Å². The Bertz CT molecular complexity index is 514. The maximum atomic E-state index is 12.3. The molecule has 1 aromatic carbocycles. The maximum absolute atomic E-state index is 12.3. The lowest BCUT2D eigenvalue weighted by molar-refractivity contribution is -0.158. The van der Waals surface area contributed by atoms with Crippen molar-refractivity contribution in [3.05, 3.63) is 29.8 Å². The smallest absolute Gasteiger partial charge is 0.329 e. The fourth-order valence-corrected chi connectivity index (χ4v) is 1.83. The summed E-state index contributed by atoms with van der Waals surface area (Å²) in [7, 11) is 1.56. The van der Waals surface area contributed by atoms with E-state index < -0.39 is 17.6 Å². The minimum atomic E-state index is -0.686. The number of ether oxygens (including phenoxy) is 2. The van der Waals surface area contributed by atoms with Crippen LogP contribution in [0.5, 0.6) is 5.75 Å². The van der Waals surface area contributed by atoms with Crippen molar-refractivity contribution in [3.63, 3.8) is 0 Å². The molecule has 0 saturated carbocycles. The molecule has 22 heavy (non-hydrogen) atoms. The highest BCUT2D eigenvalue weighted by atomic mass is 16.6. The summed E-state index contributed by atoms with van der Waals surface area (Å²) in [4.78, 5) is 24.5. The van der Waals surface area contributed by atoms with Gasteiger partial charge in [0.25, 0.3) is 5.91 Å². The number of benzene rings is 1. The van der Waals surface area contributed by atoms with Gasteiger partial charge in [-0.1, -0.05) is 13.8 Å². The summed E-state index contributed by atoms with van der Waals surface area (Å²) in [5.74, 6) is -0.141. The van der Waals surface area contributed by atoms with Crippen LogP contribution in [0.15, 0.2) is 24.3 Å². The first-order valence-corrected chi connectivity index (χ1v) is 7.32. The molecule has 0 fully saturated rings. The van der Waals surface area contributed by atoms with Crippen LogP contribution in [0, 0.1) is 5.92 Å². The Morgan fingerprint density at radius 3 is 2.05 bits per heavy atom. The molecule has 122 valence electrons. The summed E-state index contributed by atoms with van der Waals surface area (Å²) < 4.78 is 10.4. The van der Waals surface area contributed by atoms with Crippen LogP contribution in [0.1, 0.15) is 45.0 Å². The summed E-state index contributed by atoms with van der Waals surface area (Å²) in [6, 6.07) is 6.02. The van der Waals surface area contributed by atoms with E-state index in [1.807, 2.05) is 13.8 Å². The van der Waals surface area contributed by atoms with Gasteiger partial charge in [-0.05, 0) is 51.0 Å². The summed E-state index contributed by atoms with van der Waals surface area (Å²) in [6.45, 7) is 9.13. The molecule has 1 rings (SSSR count). The number of carbonyl (C=O) groups excluding carboxylic acids is 2. The summed E-state index contributed by atoms with van der Waals surface area (Å²) >= 11 is 0. The Hall–Kier alpha value is -2.04. The van der Waals surface area contributed by atoms with Gasteiger partial charge in [-0.25, -0.2) is 4.79 Å². The van der Waals surface area contributed by atoms with E-state index in [1.54, 1.807) is 52.1 Å². The van der Waals surface area contributed by atoms with E-state index in [-0.39, 0.29) is 11.8 Å². The number of amides is 1. The van der Waals surface area contributed by atoms with E-state index in [2.05, 4.69) is 5.32 Å². The zero-order valence-electron chi connectivity index (χ0n) is 14.1. The largest absolute Gasteiger partial charge is 0.497 e. The van der Waals surface area contributed by atoms with Gasteiger partial charge >= 0.3 is 5.97 Å². The molecule has 0 heterocycles. The third kappa shape index (κ3) is 5.39. The van der Waals surface area contributed by atoms with Crippen LogP contribution in [0.4, 0.5) is 0 Å². The van der Waals surface area contributed by atoms with Gasteiger partial charge in [-0.2, -0.15) is 0 Å². The number of nitrogens with one attached hydrogen (secondary N) is 1. The molecule has 0 spiro atoms. The van der Waals surface area contributed by atoms with Gasteiger partial charge in [0.1, 0.15) is 17.4 Å². The zero-order chi connectivity index (χ0) is 16.9. The van der Waals surface area contributed by atoms with Crippen LogP contribution in [0.3, 0.4) is 0 Å². The first-order valence-electron chi connectivity index (χ1n) is 7.32. The van der Waals surface area contributed by atoms with E-state index in [9.17, 15) is 9.59 Å². The highest BCUT2D eigenvalue weighted by Gasteiger charge is 2.29. The fraction of sp³-hybridized carbons (Fsp3) is 0.529. The van der Waals surface area contributed by atoms with Gasteiger partial charge in [0.05, 0.1) is 7.11 Å². The molecular weight excluding hydrogens is 282 g/mol. The zero-order valence-corrected chi connectivity index (χ0v) is 14.1. The minimum Gasteiger partial charge on any atom is -0.497 e. The lowest BCUT2D eigenvalue weighted by atomic mass is 10.0. The Morgan fingerprint density at radius 1 is 1.09 bits per heavy atom. The van der Waals surface area contributed by atoms with Crippen molar-refractivity contribution >= 4 is 11.9 Å². The van der Waals surface area contributed by atoms with Crippen molar-refractivity contribution in [1.29, 1.82) is 0 Å². The van der Waals surface area contributed by atoms with Crippen LogP contribution in [-0.4, -0.2) is 30.6 Å². The molecule has 0 aliphatic carbocycles. The van der Waals surface area contributed by atoms with E-state index in [0.717, 1.165) is 0 Å². The molecule has 0 radical (unpaired) electrons. The molecule has 0 bridgehead atoms. The minimum absolute atomic E-state index is 0.0722. The number of methoxy groups -OCH3 is 1. The molecule has 0 unspecified atom stereocenters. The van der Waals surface area contributed by atoms with E-state index in [1.165, 1.54) is 0 Å². The lowest BCUT2D eigenvalue weighted by Gasteiger charge is -2.26. The molecule has 1 atom stereocenters. The van der Waals surface area contributed by atoms with Crippen LogP contribution in [0.25, 0.3) is 0 Å². The Morgan fingerprint density at radius 2 is 1.64 bits per heavy atom. The fourth-order valence-electron chi connectivity index (χ4n) is 1.83. The number of hydrogen-bond acceptors (Lipinski definition) is 4. The van der Waals surface area contributed by atoms with Crippen LogP contribution >= 0.6 is 0 Å². The molecule has 0 aliphatic heterocycles. The van der Waals surface area contributed by atoms with Gasteiger partial charge in [0, 0.05) is 5.56 Å². The second-order valence-corrected chi connectivity index (χ2v) is 6.46. The maximum Gasteiger partial charge on any atom is 0.329 e. The SMILES string of the molecule is COc1ccc(C(=O)N[C@H](C(=O)OC(C)(C)C)C(C)C)cc1. The second-order valence-electron chi connectivity index (χ2n) is 6.46. The quantitative estimate of drug-likeness (QED) is 0.850. The third-order valence-corrected chi connectivity index (χ3v) is 2.97. The average molecular weight is 307 g/mol. The van der Waals surface area contributed by atoms with E-state index in [0.29, 0.717) is 11.3 Å². The topological polar surface area (TPSA) is 64.6 Å². The van der Waals surface area contributed by atoms with Gasteiger partial charge in [0.2, 0.25) is 0 Å². The van der Waals surface area contributed by atoms with Crippen molar-refractivity contribution < 1.29 is 19.1 Å². The monoisotopic (exact) mass is 307 g/mol. The predicted octanol–water partition coefficient (Wildman–Crippen LogP) is 2.79. The lowest BCUT2D eigenvalue weighted by Crippen LogP contribution is -2.47. The van der Waals surface area contributed by atoms with Crippen LogP contribution in [0.2, 0.25) is 0 Å². The highest BCUT2D eigenvalue weighted by Crippen LogP contribution is 2.14. The number of esters is 1. The number of rotatable bonds is 5. The Balaban J connectivity index is 2.81. The van der Waals surface area contributed by atoms with E-state index in [4.69, 9.17) is 9.47 Å². The van der Waals surface area contributed by atoms with Gasteiger partial charge < -0.3 is 14.8 Å². The highest BCUT2D eigenvalue weighted by molar-refractivity contribution is 5.97. The summed E-state index contributed by atoms with van der Waals surface area (Å²) in [6.07, 6.45) is 0. The van der Waals surface area contributed by atoms with Crippen molar-refractivity contribution in [1.82, 2.24) is 5.32 Å². The molecule has 1 aromatic rings. The molecule has 1 N–H and O–H groups in total. The van der Waals surface area contributed by atoms with E-state index >= 15 is 0 Å². The predicted molar refractivity (Wildman–Crippen MR) is 84.9 cm³/mol. The molecule has 5 nitrogen and oxygen atoms in total. The van der Waals surface area contributed by atoms with Gasteiger partial charge in [-0.3, -0.25) is 4.79 Å². The molecule has 0 saturated heterocycles. The van der Waals surface area contributed by atoms with Crippen molar-refractivity contribution in [2.75, 3.05) is 7.11 Å². The first kappa shape index (κ1) is 18.0. The first-order chi connectivity index (χ1) is 10.1. The third-order valence-electron chi connectivity index (χ3n) is 2.97. The molecule has 1 amide bonds. The summed E-state index contributed by atoms with van der Waals surface area (Å²) in [5, 5.41) is 2.74. The Labute approximate surface area is 132 Å². The average Bonchev–Trinajstić information content (AvgIpc) is 2.42. The Kier molecular flexibility index (Phi) is 5.97. The standard InChI is InChI=1S/C17H25NO4/c1-11(2)14(16(20)22-17(3,4)5)18-15(19)12-7-9-13(21-6)10-8-12/h7-11,14H,1-6H3,(H,18,19)/t14-/m0/s1. The number of carbonyl (C=O) groups is 2. The van der Waals surface area contributed by atoms with Crippen LogP contribution in [-0.2, 0) is 9.53 Å². The normalized spacial score (nSPS) is 12.7. The molecule has 0 aliphatic rings. The second kappa shape index (κ2) is 7.29. The number of hydrogen-bond donors (Lipinski definition) is 1. The van der Waals surface area contributed by atoms with Crippen molar-refractivity contribution in [3.8, 4) is 5.75 Å².